The fourth-order valence-corrected chi connectivity index (χ4v) is 7.73. The number of hydrogen-bond donors (Lipinski definition) is 1. The molecule has 7 rings (SSSR count). The van der Waals surface area contributed by atoms with Gasteiger partial charge in [0.05, 0.1) is 18.9 Å². The van der Waals surface area contributed by atoms with Crippen LogP contribution in [0, 0.1) is 5.41 Å². The van der Waals surface area contributed by atoms with Crippen LogP contribution in [0.4, 0.5) is 5.69 Å². The molecule has 2 aromatic heterocycles. The molecular weight excluding hydrogens is 562 g/mol. The van der Waals surface area contributed by atoms with E-state index in [1.165, 1.54) is 36.8 Å². The van der Waals surface area contributed by atoms with Gasteiger partial charge < -0.3 is 19.4 Å². The lowest BCUT2D eigenvalue weighted by Crippen LogP contribution is -2.59. The van der Waals surface area contributed by atoms with Crippen LogP contribution in [0.1, 0.15) is 66.9 Å². The first-order valence-electron chi connectivity index (χ1n) is 16.5. The number of ether oxygens (including phenoxy) is 2. The van der Waals surface area contributed by atoms with E-state index in [1.807, 2.05) is 30.5 Å². The number of carbonyl (C=O) groups excluding carboxylic acids is 1. The SMILES string of the molecule is COc1cc(CN2CCN(C3CC4(CCN(c5ccc(C=O)c(Oc6cnc7[nH]ccc7c6)c5)CC4)C3)CC2)ccc1C(C)C. The number of piperidine rings is 1. The van der Waals surface area contributed by atoms with Crippen molar-refractivity contribution in [2.24, 2.45) is 5.41 Å². The van der Waals surface area contributed by atoms with Gasteiger partial charge in [0.25, 0.3) is 0 Å². The van der Waals surface area contributed by atoms with E-state index in [-0.39, 0.29) is 0 Å². The molecule has 0 atom stereocenters. The number of piperazine rings is 1. The number of H-pyrrole nitrogens is 1. The molecule has 0 bridgehead atoms. The Morgan fingerprint density at radius 3 is 2.51 bits per heavy atom. The fraction of sp³-hybridized carbons (Fsp3) is 0.459. The number of aromatic amines is 1. The molecule has 4 heterocycles. The lowest BCUT2D eigenvalue weighted by molar-refractivity contribution is -0.0355. The van der Waals surface area contributed by atoms with Crippen LogP contribution >= 0.6 is 0 Å². The molecule has 3 fully saturated rings. The van der Waals surface area contributed by atoms with Crippen LogP contribution in [0.5, 0.6) is 17.2 Å². The molecule has 1 spiro atoms. The first kappa shape index (κ1) is 29.8. The average molecular weight is 608 g/mol. The molecule has 2 aromatic carbocycles. The Labute approximate surface area is 266 Å². The summed E-state index contributed by atoms with van der Waals surface area (Å²) in [5, 5.41) is 0.978. The first-order valence-corrected chi connectivity index (χ1v) is 16.5. The summed E-state index contributed by atoms with van der Waals surface area (Å²) in [6.45, 7) is 12.1. The van der Waals surface area contributed by atoms with Gasteiger partial charge in [0.15, 0.2) is 6.29 Å². The summed E-state index contributed by atoms with van der Waals surface area (Å²) in [7, 11) is 1.78. The Bertz CT molecular complexity index is 1640. The summed E-state index contributed by atoms with van der Waals surface area (Å²) in [4.78, 5) is 27.1. The van der Waals surface area contributed by atoms with Crippen LogP contribution in [-0.4, -0.2) is 78.5 Å². The number of pyridine rings is 1. The molecule has 0 amide bonds. The summed E-state index contributed by atoms with van der Waals surface area (Å²) in [6, 6.07) is 17.3. The number of nitrogens with zero attached hydrogens (tertiary/aromatic N) is 4. The number of rotatable bonds is 9. The van der Waals surface area contributed by atoms with E-state index in [9.17, 15) is 4.79 Å². The highest BCUT2D eigenvalue weighted by atomic mass is 16.5. The molecule has 1 aliphatic carbocycles. The summed E-state index contributed by atoms with van der Waals surface area (Å²) < 4.78 is 11.9. The standard InChI is InChI=1S/C37H45N5O3/c1-26(2)33-7-4-27(18-35(33)44-3)24-40-14-16-42(17-15-40)31-21-37(22-31)9-12-41(13-10-37)30-6-5-29(25-43)34(20-30)45-32-19-28-8-11-38-36(28)39-23-32/h4-8,11,18-20,23,25-26,31H,9-10,12-17,21-22,24H2,1-3H3,(H,38,39). The van der Waals surface area contributed by atoms with Crippen molar-refractivity contribution in [1.29, 1.82) is 0 Å². The van der Waals surface area contributed by atoms with Gasteiger partial charge in [-0.2, -0.15) is 0 Å². The minimum Gasteiger partial charge on any atom is -0.496 e. The van der Waals surface area contributed by atoms with Gasteiger partial charge in [-0.1, -0.05) is 26.0 Å². The van der Waals surface area contributed by atoms with Gasteiger partial charge in [-0.15, -0.1) is 0 Å². The zero-order valence-corrected chi connectivity index (χ0v) is 26.8. The Morgan fingerprint density at radius 2 is 1.78 bits per heavy atom. The maximum absolute atomic E-state index is 11.8. The Balaban J connectivity index is 0.901. The van der Waals surface area contributed by atoms with E-state index in [0.29, 0.717) is 28.4 Å². The number of benzene rings is 2. The monoisotopic (exact) mass is 607 g/mol. The van der Waals surface area contributed by atoms with Crippen molar-refractivity contribution in [2.75, 3.05) is 51.3 Å². The second-order valence-electron chi connectivity index (χ2n) is 13.6. The number of fused-ring (bicyclic) bond motifs is 1. The van der Waals surface area contributed by atoms with Crippen LogP contribution in [0.25, 0.3) is 11.0 Å². The normalized spacial score (nSPS) is 19.2. The van der Waals surface area contributed by atoms with Gasteiger partial charge in [0.1, 0.15) is 22.9 Å². The lowest BCUT2D eigenvalue weighted by atomic mass is 9.60. The fourth-order valence-electron chi connectivity index (χ4n) is 7.73. The third-order valence-corrected chi connectivity index (χ3v) is 10.5. The van der Waals surface area contributed by atoms with Gasteiger partial charge in [-0.25, -0.2) is 4.98 Å². The molecule has 3 aliphatic rings. The van der Waals surface area contributed by atoms with Crippen molar-refractivity contribution in [3.05, 3.63) is 77.6 Å². The van der Waals surface area contributed by atoms with Crippen molar-refractivity contribution in [3.8, 4) is 17.2 Å². The summed E-state index contributed by atoms with van der Waals surface area (Å²) in [6.07, 6.45) is 9.50. The zero-order valence-electron chi connectivity index (χ0n) is 26.8. The number of carbonyl (C=O) groups is 1. The smallest absolute Gasteiger partial charge is 0.153 e. The molecule has 8 heteroatoms. The third kappa shape index (κ3) is 6.18. The average Bonchev–Trinajstić information content (AvgIpc) is 3.52. The van der Waals surface area contributed by atoms with Gasteiger partial charge in [0, 0.05) is 75.2 Å². The molecule has 1 saturated carbocycles. The van der Waals surface area contributed by atoms with Crippen molar-refractivity contribution in [1.82, 2.24) is 19.8 Å². The van der Waals surface area contributed by atoms with E-state index in [0.717, 1.165) is 80.6 Å². The molecule has 1 N–H and O–H groups in total. The van der Waals surface area contributed by atoms with Crippen LogP contribution < -0.4 is 14.4 Å². The number of methoxy groups -OCH3 is 1. The third-order valence-electron chi connectivity index (χ3n) is 10.5. The second kappa shape index (κ2) is 12.5. The molecule has 0 radical (unpaired) electrons. The predicted octanol–water partition coefficient (Wildman–Crippen LogP) is 6.87. The van der Waals surface area contributed by atoms with Gasteiger partial charge >= 0.3 is 0 Å². The summed E-state index contributed by atoms with van der Waals surface area (Å²) in [5.41, 5.74) is 5.58. The van der Waals surface area contributed by atoms with Crippen molar-refractivity contribution in [3.63, 3.8) is 0 Å². The van der Waals surface area contributed by atoms with Gasteiger partial charge in [0.2, 0.25) is 0 Å². The lowest BCUT2D eigenvalue weighted by Gasteiger charge is -2.56. The molecule has 2 saturated heterocycles. The second-order valence-corrected chi connectivity index (χ2v) is 13.6. The van der Waals surface area contributed by atoms with Gasteiger partial charge in [-0.3, -0.25) is 14.6 Å². The Hall–Kier alpha value is -3.88. The Kier molecular flexibility index (Phi) is 8.27. The first-order chi connectivity index (χ1) is 21.9. The zero-order chi connectivity index (χ0) is 31.0. The minimum atomic E-state index is 0.466. The van der Waals surface area contributed by atoms with E-state index in [1.54, 1.807) is 13.3 Å². The molecule has 0 unspecified atom stereocenters. The van der Waals surface area contributed by atoms with Crippen LogP contribution in [0.3, 0.4) is 0 Å². The number of nitrogens with one attached hydrogen (secondary N) is 1. The van der Waals surface area contributed by atoms with E-state index in [2.05, 4.69) is 62.8 Å². The predicted molar refractivity (Wildman–Crippen MR) is 179 cm³/mol. The van der Waals surface area contributed by atoms with Crippen LogP contribution in [0.2, 0.25) is 0 Å². The molecule has 45 heavy (non-hydrogen) atoms. The maximum atomic E-state index is 11.8. The largest absolute Gasteiger partial charge is 0.496 e. The van der Waals surface area contributed by atoms with Gasteiger partial charge in [-0.05, 0) is 78.5 Å². The number of hydrogen-bond acceptors (Lipinski definition) is 7. The number of anilines is 1. The van der Waals surface area contributed by atoms with Crippen LogP contribution in [0.15, 0.2) is 60.9 Å². The summed E-state index contributed by atoms with van der Waals surface area (Å²) >= 11 is 0. The molecule has 4 aromatic rings. The van der Waals surface area contributed by atoms with E-state index in [4.69, 9.17) is 9.47 Å². The van der Waals surface area contributed by atoms with Crippen LogP contribution in [-0.2, 0) is 6.54 Å². The van der Waals surface area contributed by atoms with Crippen molar-refractivity contribution < 1.29 is 14.3 Å². The highest BCUT2D eigenvalue weighted by molar-refractivity contribution is 5.81. The quantitative estimate of drug-likeness (QED) is 0.208. The van der Waals surface area contributed by atoms with E-state index >= 15 is 0 Å². The number of aldehydes is 1. The summed E-state index contributed by atoms with van der Waals surface area (Å²) in [5.74, 6) is 2.69. The topological polar surface area (TPSA) is 73.9 Å². The minimum absolute atomic E-state index is 0.466. The van der Waals surface area contributed by atoms with E-state index < -0.39 is 0 Å². The molecule has 8 nitrogen and oxygen atoms in total. The highest BCUT2D eigenvalue weighted by Gasteiger charge is 2.48. The molecule has 2 aliphatic heterocycles. The van der Waals surface area contributed by atoms with Crippen molar-refractivity contribution >= 4 is 23.0 Å². The Morgan fingerprint density at radius 1 is 0.978 bits per heavy atom. The van der Waals surface area contributed by atoms with Crippen molar-refractivity contribution in [2.45, 2.75) is 58.0 Å². The molecular formula is C37H45N5O3. The molecule has 236 valence electrons. The maximum Gasteiger partial charge on any atom is 0.153 e. The highest BCUT2D eigenvalue weighted by Crippen LogP contribution is 2.51. The number of aromatic nitrogens is 2.